The molecule has 2 unspecified atom stereocenters. The van der Waals surface area contributed by atoms with E-state index in [9.17, 15) is 9.59 Å². The summed E-state index contributed by atoms with van der Waals surface area (Å²) in [7, 11) is 0. The maximum atomic E-state index is 11.6. The number of hydrogen-bond acceptors (Lipinski definition) is 4. The predicted molar refractivity (Wildman–Crippen MR) is 71.1 cm³/mol. The first-order valence-electron chi connectivity index (χ1n) is 5.62. The molecular formula is C12H15N3O2S. The van der Waals surface area contributed by atoms with Crippen LogP contribution in [-0.4, -0.2) is 17.1 Å². The Morgan fingerprint density at radius 2 is 2.28 bits per heavy atom. The summed E-state index contributed by atoms with van der Waals surface area (Å²) in [5.41, 5.74) is 12.5. The predicted octanol–water partition coefficient (Wildman–Crippen LogP) is 0.994. The molecule has 2 amide bonds. The van der Waals surface area contributed by atoms with Crippen molar-refractivity contribution in [1.82, 2.24) is 0 Å². The lowest BCUT2D eigenvalue weighted by atomic mass is 10.0. The lowest BCUT2D eigenvalue weighted by Crippen LogP contribution is -2.27. The summed E-state index contributed by atoms with van der Waals surface area (Å²) in [6, 6.07) is 5.14. The Hall–Kier alpha value is -1.53. The molecule has 96 valence electrons. The fourth-order valence-electron chi connectivity index (χ4n) is 1.79. The van der Waals surface area contributed by atoms with Crippen molar-refractivity contribution in [3.05, 3.63) is 23.8 Å². The molecule has 0 radical (unpaired) electrons. The number of hydrogen-bond donors (Lipinski definition) is 3. The fourth-order valence-corrected chi connectivity index (χ4v) is 2.72. The number of fused-ring (bicyclic) bond motifs is 1. The first kappa shape index (κ1) is 12.9. The number of amides is 2. The van der Waals surface area contributed by atoms with Crippen LogP contribution in [0.5, 0.6) is 0 Å². The molecule has 1 aromatic rings. The minimum atomic E-state index is -0.438. The molecule has 0 aliphatic carbocycles. The van der Waals surface area contributed by atoms with E-state index in [-0.39, 0.29) is 17.6 Å². The Morgan fingerprint density at radius 3 is 2.94 bits per heavy atom. The van der Waals surface area contributed by atoms with Crippen LogP contribution in [-0.2, 0) is 9.59 Å². The number of carbonyl (C=O) groups is 2. The summed E-state index contributed by atoms with van der Waals surface area (Å²) < 4.78 is 0. The zero-order valence-electron chi connectivity index (χ0n) is 9.97. The molecular weight excluding hydrogens is 250 g/mol. The van der Waals surface area contributed by atoms with Crippen molar-refractivity contribution in [2.75, 3.05) is 5.32 Å². The Morgan fingerprint density at radius 1 is 1.56 bits per heavy atom. The molecule has 5 N–H and O–H groups in total. The molecule has 2 rings (SSSR count). The minimum absolute atomic E-state index is 0.0203. The number of carbonyl (C=O) groups excluding carboxylic acids is 2. The molecule has 2 atom stereocenters. The topological polar surface area (TPSA) is 98.2 Å². The van der Waals surface area contributed by atoms with E-state index in [1.165, 1.54) is 11.8 Å². The first-order valence-corrected chi connectivity index (χ1v) is 6.50. The Bertz CT molecular complexity index is 504. The molecule has 0 saturated carbocycles. The molecule has 1 aliphatic heterocycles. The van der Waals surface area contributed by atoms with Crippen LogP contribution in [0.2, 0.25) is 0 Å². The van der Waals surface area contributed by atoms with Crippen LogP contribution in [0.4, 0.5) is 5.69 Å². The van der Waals surface area contributed by atoms with Crippen LogP contribution >= 0.6 is 11.8 Å². The standard InChI is InChI=1S/C12H15N3O2S/c1-6-12(17)15-9-4-7(2-3-10(9)18-6)8(13)5-11(14)16/h2-4,6,8H,5,13H2,1H3,(H2,14,16)(H,15,17). The molecule has 0 spiro atoms. The second-order valence-corrected chi connectivity index (χ2v) is 5.66. The summed E-state index contributed by atoms with van der Waals surface area (Å²) in [5, 5.41) is 2.73. The van der Waals surface area contributed by atoms with Gasteiger partial charge in [0.2, 0.25) is 11.8 Å². The highest BCUT2D eigenvalue weighted by Crippen LogP contribution is 2.36. The third kappa shape index (κ3) is 2.65. The van der Waals surface area contributed by atoms with E-state index in [0.717, 1.165) is 16.1 Å². The van der Waals surface area contributed by atoms with Gasteiger partial charge in [-0.1, -0.05) is 6.07 Å². The summed E-state index contributed by atoms with van der Waals surface area (Å²) in [6.07, 6.45) is 0.0935. The van der Waals surface area contributed by atoms with Gasteiger partial charge in [-0.25, -0.2) is 0 Å². The molecule has 5 nitrogen and oxygen atoms in total. The maximum Gasteiger partial charge on any atom is 0.237 e. The van der Waals surface area contributed by atoms with Crippen LogP contribution < -0.4 is 16.8 Å². The normalized spacial score (nSPS) is 19.9. The second-order valence-electron chi connectivity index (χ2n) is 4.28. The van der Waals surface area contributed by atoms with Gasteiger partial charge in [0.05, 0.1) is 10.9 Å². The lowest BCUT2D eigenvalue weighted by Gasteiger charge is -2.22. The summed E-state index contributed by atoms with van der Waals surface area (Å²) in [4.78, 5) is 23.4. The Balaban J connectivity index is 2.24. The average molecular weight is 265 g/mol. The zero-order valence-corrected chi connectivity index (χ0v) is 10.8. The summed E-state index contributed by atoms with van der Waals surface area (Å²) in [5.74, 6) is -0.458. The number of benzene rings is 1. The van der Waals surface area contributed by atoms with Crippen LogP contribution in [0.15, 0.2) is 23.1 Å². The minimum Gasteiger partial charge on any atom is -0.370 e. The van der Waals surface area contributed by atoms with Crippen LogP contribution in [0.1, 0.15) is 24.9 Å². The van der Waals surface area contributed by atoms with E-state index >= 15 is 0 Å². The van der Waals surface area contributed by atoms with E-state index in [2.05, 4.69) is 5.32 Å². The monoisotopic (exact) mass is 265 g/mol. The number of thioether (sulfide) groups is 1. The number of anilines is 1. The molecule has 1 heterocycles. The fraction of sp³-hybridized carbons (Fsp3) is 0.333. The van der Waals surface area contributed by atoms with Gasteiger partial charge in [0, 0.05) is 17.4 Å². The highest BCUT2D eigenvalue weighted by atomic mass is 32.2. The van der Waals surface area contributed by atoms with Gasteiger partial charge >= 0.3 is 0 Å². The van der Waals surface area contributed by atoms with Crippen LogP contribution in [0, 0.1) is 0 Å². The molecule has 1 aromatic carbocycles. The van der Waals surface area contributed by atoms with Crippen LogP contribution in [0.25, 0.3) is 0 Å². The van der Waals surface area contributed by atoms with Gasteiger partial charge in [0.15, 0.2) is 0 Å². The van der Waals surface area contributed by atoms with E-state index in [0.29, 0.717) is 0 Å². The summed E-state index contributed by atoms with van der Waals surface area (Å²) >= 11 is 1.51. The van der Waals surface area contributed by atoms with Crippen molar-refractivity contribution >= 4 is 29.3 Å². The SMILES string of the molecule is CC1Sc2ccc(C(N)CC(N)=O)cc2NC1=O. The second kappa shape index (κ2) is 4.99. The van der Waals surface area contributed by atoms with E-state index < -0.39 is 11.9 Å². The maximum absolute atomic E-state index is 11.6. The van der Waals surface area contributed by atoms with Gasteiger partial charge in [-0.15, -0.1) is 11.8 Å². The average Bonchev–Trinajstić information content (AvgIpc) is 2.29. The molecule has 18 heavy (non-hydrogen) atoms. The third-order valence-electron chi connectivity index (χ3n) is 2.78. The van der Waals surface area contributed by atoms with Gasteiger partial charge in [0.25, 0.3) is 0 Å². The molecule has 1 aliphatic rings. The van der Waals surface area contributed by atoms with Gasteiger partial charge in [-0.2, -0.15) is 0 Å². The summed E-state index contributed by atoms with van der Waals surface area (Å²) in [6.45, 7) is 1.86. The quantitative estimate of drug-likeness (QED) is 0.759. The highest BCUT2D eigenvalue weighted by Gasteiger charge is 2.23. The van der Waals surface area contributed by atoms with Gasteiger partial charge < -0.3 is 16.8 Å². The molecule has 0 bridgehead atoms. The van der Waals surface area contributed by atoms with Crippen molar-refractivity contribution in [3.8, 4) is 0 Å². The number of primary amides is 1. The van der Waals surface area contributed by atoms with Crippen molar-refractivity contribution in [3.63, 3.8) is 0 Å². The van der Waals surface area contributed by atoms with Crippen molar-refractivity contribution in [2.45, 2.75) is 29.5 Å². The lowest BCUT2D eigenvalue weighted by molar-refractivity contribution is -0.118. The smallest absolute Gasteiger partial charge is 0.237 e. The van der Waals surface area contributed by atoms with Crippen molar-refractivity contribution in [1.29, 1.82) is 0 Å². The highest BCUT2D eigenvalue weighted by molar-refractivity contribution is 8.00. The molecule has 0 fully saturated rings. The molecule has 0 aromatic heterocycles. The van der Waals surface area contributed by atoms with E-state index in [1.54, 1.807) is 6.07 Å². The van der Waals surface area contributed by atoms with Crippen LogP contribution in [0.3, 0.4) is 0 Å². The zero-order chi connectivity index (χ0) is 13.3. The number of nitrogens with one attached hydrogen (secondary N) is 1. The van der Waals surface area contributed by atoms with Gasteiger partial charge in [-0.3, -0.25) is 9.59 Å². The van der Waals surface area contributed by atoms with E-state index in [1.807, 2.05) is 19.1 Å². The number of nitrogens with two attached hydrogens (primary N) is 2. The number of rotatable bonds is 3. The first-order chi connectivity index (χ1) is 8.47. The molecule has 6 heteroatoms. The largest absolute Gasteiger partial charge is 0.370 e. The van der Waals surface area contributed by atoms with Gasteiger partial charge in [0.1, 0.15) is 0 Å². The Kier molecular flexibility index (Phi) is 3.58. The van der Waals surface area contributed by atoms with Crippen molar-refractivity contribution in [2.24, 2.45) is 11.5 Å². The van der Waals surface area contributed by atoms with E-state index in [4.69, 9.17) is 11.5 Å². The third-order valence-corrected chi connectivity index (χ3v) is 3.96. The van der Waals surface area contributed by atoms with Crippen molar-refractivity contribution < 1.29 is 9.59 Å². The Labute approximate surface area is 109 Å². The van der Waals surface area contributed by atoms with Gasteiger partial charge in [-0.05, 0) is 24.6 Å². The molecule has 0 saturated heterocycles.